The van der Waals surface area contributed by atoms with Crippen molar-refractivity contribution in [3.63, 3.8) is 0 Å². The summed E-state index contributed by atoms with van der Waals surface area (Å²) in [7, 11) is 2.93. The number of hydrogen-bond donors (Lipinski definition) is 1. The molecule has 0 unspecified atom stereocenters. The zero-order chi connectivity index (χ0) is 24.0. The highest BCUT2D eigenvalue weighted by Gasteiger charge is 2.47. The van der Waals surface area contributed by atoms with Gasteiger partial charge in [0, 0.05) is 5.56 Å². The molecule has 5 rings (SSSR count). The largest absolute Gasteiger partial charge is 0.503 e. The molecule has 0 bridgehead atoms. The van der Waals surface area contributed by atoms with Gasteiger partial charge in [-0.3, -0.25) is 14.5 Å². The molecule has 0 aliphatic carbocycles. The number of furan rings is 1. The number of anilines is 1. The number of benzene rings is 2. The Morgan fingerprint density at radius 1 is 1.18 bits per heavy atom. The van der Waals surface area contributed by atoms with Crippen LogP contribution in [0.15, 0.2) is 70.5 Å². The Hall–Kier alpha value is -4.18. The Morgan fingerprint density at radius 3 is 2.71 bits per heavy atom. The lowest BCUT2D eigenvalue weighted by Gasteiger charge is -2.26. The summed E-state index contributed by atoms with van der Waals surface area (Å²) in [5, 5.41) is 11.0. The van der Waals surface area contributed by atoms with E-state index in [1.165, 1.54) is 55.7 Å². The molecule has 4 aromatic rings. The average Bonchev–Trinajstić information content (AvgIpc) is 3.57. The molecule has 2 aromatic heterocycles. The first-order valence-electron chi connectivity index (χ1n) is 10.1. The minimum atomic E-state index is -1.11. The predicted molar refractivity (Wildman–Crippen MR) is 122 cm³/mol. The minimum absolute atomic E-state index is 0.0468. The van der Waals surface area contributed by atoms with Gasteiger partial charge in [0.25, 0.3) is 5.91 Å². The molecule has 0 spiro atoms. The molecule has 1 aliphatic rings. The predicted octanol–water partition coefficient (Wildman–Crippen LogP) is 4.83. The van der Waals surface area contributed by atoms with E-state index in [4.69, 9.17) is 13.9 Å². The smallest absolute Gasteiger partial charge is 0.296 e. The summed E-state index contributed by atoms with van der Waals surface area (Å²) < 4.78 is 30.4. The van der Waals surface area contributed by atoms with Crippen LogP contribution in [0.2, 0.25) is 0 Å². The summed E-state index contributed by atoms with van der Waals surface area (Å²) in [6.07, 6.45) is 1.32. The first-order valence-corrected chi connectivity index (χ1v) is 10.9. The van der Waals surface area contributed by atoms with Crippen LogP contribution < -0.4 is 14.4 Å². The van der Waals surface area contributed by atoms with E-state index in [-0.39, 0.29) is 16.5 Å². The fourth-order valence-electron chi connectivity index (χ4n) is 3.91. The van der Waals surface area contributed by atoms with Crippen LogP contribution in [0.5, 0.6) is 11.5 Å². The van der Waals surface area contributed by atoms with E-state index in [1.54, 1.807) is 18.2 Å². The molecule has 10 heteroatoms. The molecule has 0 saturated carbocycles. The van der Waals surface area contributed by atoms with Crippen molar-refractivity contribution in [1.29, 1.82) is 0 Å². The number of ether oxygens (including phenoxy) is 2. The van der Waals surface area contributed by atoms with Gasteiger partial charge in [-0.1, -0.05) is 11.3 Å². The van der Waals surface area contributed by atoms with Crippen molar-refractivity contribution in [2.75, 3.05) is 19.1 Å². The Morgan fingerprint density at radius 2 is 2.00 bits per heavy atom. The lowest BCUT2D eigenvalue weighted by Crippen LogP contribution is -2.31. The quantitative estimate of drug-likeness (QED) is 0.395. The number of nitrogens with zero attached hydrogens (tertiary/aromatic N) is 2. The van der Waals surface area contributed by atoms with Crippen molar-refractivity contribution in [3.8, 4) is 11.5 Å². The molecule has 1 amide bonds. The third-order valence-corrected chi connectivity index (χ3v) is 6.49. The van der Waals surface area contributed by atoms with Crippen LogP contribution in [0, 0.1) is 5.82 Å². The standard InChI is InChI=1S/C24H17FN2O6S/c1-31-13-6-8-16(32-2)14(11-13)20-19(21(28)17-4-3-9-33-17)22(29)23(30)27(20)24-26-15-7-5-12(25)10-18(15)34-24/h3-11,20,29H,1-2H3/t20-/m1/s1. The first kappa shape index (κ1) is 21.7. The topological polar surface area (TPSA) is 102 Å². The lowest BCUT2D eigenvalue weighted by molar-refractivity contribution is -0.117. The summed E-state index contributed by atoms with van der Waals surface area (Å²) in [5.41, 5.74) is 0.660. The summed E-state index contributed by atoms with van der Waals surface area (Å²) >= 11 is 1.06. The number of aromatic nitrogens is 1. The van der Waals surface area contributed by atoms with E-state index in [0.717, 1.165) is 11.3 Å². The molecule has 1 atom stereocenters. The van der Waals surface area contributed by atoms with Gasteiger partial charge in [0.15, 0.2) is 16.7 Å². The fraction of sp³-hybridized carbons (Fsp3) is 0.125. The van der Waals surface area contributed by atoms with Crippen molar-refractivity contribution in [2.45, 2.75) is 6.04 Å². The van der Waals surface area contributed by atoms with Crippen molar-refractivity contribution in [2.24, 2.45) is 0 Å². The fourth-order valence-corrected chi connectivity index (χ4v) is 4.93. The molecule has 34 heavy (non-hydrogen) atoms. The summed E-state index contributed by atoms with van der Waals surface area (Å²) in [6, 6.07) is 10.8. The van der Waals surface area contributed by atoms with Gasteiger partial charge in [0.05, 0.1) is 36.3 Å². The van der Waals surface area contributed by atoms with Gasteiger partial charge >= 0.3 is 0 Å². The normalized spacial score (nSPS) is 15.9. The van der Waals surface area contributed by atoms with Crippen LogP contribution in [0.3, 0.4) is 0 Å². The van der Waals surface area contributed by atoms with Crippen molar-refractivity contribution in [1.82, 2.24) is 4.98 Å². The average molecular weight is 480 g/mol. The van der Waals surface area contributed by atoms with E-state index in [9.17, 15) is 19.1 Å². The number of aliphatic hydroxyl groups is 1. The van der Waals surface area contributed by atoms with Crippen LogP contribution in [0.4, 0.5) is 9.52 Å². The van der Waals surface area contributed by atoms with Gasteiger partial charge in [-0.2, -0.15) is 0 Å². The van der Waals surface area contributed by atoms with Gasteiger partial charge in [-0.25, -0.2) is 9.37 Å². The number of rotatable bonds is 6. The van der Waals surface area contributed by atoms with E-state index in [2.05, 4.69) is 4.98 Å². The van der Waals surface area contributed by atoms with E-state index < -0.39 is 29.3 Å². The number of hydrogen-bond acceptors (Lipinski definition) is 8. The van der Waals surface area contributed by atoms with E-state index in [1.807, 2.05) is 0 Å². The number of Topliss-reactive ketones (excluding diaryl/α,β-unsaturated/α-hetero) is 1. The third-order valence-electron chi connectivity index (χ3n) is 5.47. The van der Waals surface area contributed by atoms with Crippen LogP contribution in [0.25, 0.3) is 10.2 Å². The second-order valence-electron chi connectivity index (χ2n) is 7.36. The molecule has 1 aliphatic heterocycles. The molecule has 1 N–H and O–H groups in total. The highest BCUT2D eigenvalue weighted by Crippen LogP contribution is 2.47. The number of halogens is 1. The maximum Gasteiger partial charge on any atom is 0.296 e. The second-order valence-corrected chi connectivity index (χ2v) is 8.37. The molecule has 3 heterocycles. The lowest BCUT2D eigenvalue weighted by atomic mass is 9.94. The number of amides is 1. The molecule has 0 saturated heterocycles. The van der Waals surface area contributed by atoms with E-state index in [0.29, 0.717) is 27.3 Å². The van der Waals surface area contributed by atoms with Crippen LogP contribution >= 0.6 is 11.3 Å². The van der Waals surface area contributed by atoms with Crippen molar-refractivity contribution in [3.05, 3.63) is 83.3 Å². The monoisotopic (exact) mass is 480 g/mol. The number of aliphatic hydroxyl groups excluding tert-OH is 1. The number of carbonyl (C=O) groups excluding carboxylic acids is 2. The molecule has 8 nitrogen and oxygen atoms in total. The third kappa shape index (κ3) is 3.39. The van der Waals surface area contributed by atoms with Crippen LogP contribution in [0.1, 0.15) is 22.2 Å². The van der Waals surface area contributed by atoms with Gasteiger partial charge < -0.3 is 19.0 Å². The van der Waals surface area contributed by atoms with Gasteiger partial charge in [0.2, 0.25) is 5.78 Å². The number of carbonyl (C=O) groups is 2. The minimum Gasteiger partial charge on any atom is -0.503 e. The molecule has 0 radical (unpaired) electrons. The van der Waals surface area contributed by atoms with Gasteiger partial charge in [0.1, 0.15) is 23.4 Å². The van der Waals surface area contributed by atoms with Gasteiger partial charge in [-0.15, -0.1) is 0 Å². The maximum absolute atomic E-state index is 13.8. The Balaban J connectivity index is 1.74. The Labute approximate surface area is 196 Å². The Bertz CT molecular complexity index is 1460. The highest BCUT2D eigenvalue weighted by molar-refractivity contribution is 7.22. The summed E-state index contributed by atoms with van der Waals surface area (Å²) in [5.74, 6) is -1.92. The van der Waals surface area contributed by atoms with Crippen LogP contribution in [-0.4, -0.2) is 36.0 Å². The molecular weight excluding hydrogens is 463 g/mol. The van der Waals surface area contributed by atoms with Gasteiger partial charge in [-0.05, 0) is 48.5 Å². The number of ketones is 1. The van der Waals surface area contributed by atoms with Crippen LogP contribution in [-0.2, 0) is 4.79 Å². The Kier molecular flexibility index (Phi) is 5.29. The molecular formula is C24H17FN2O6S. The summed E-state index contributed by atoms with van der Waals surface area (Å²) in [6.45, 7) is 0. The molecule has 2 aromatic carbocycles. The number of thiazole rings is 1. The SMILES string of the molecule is COc1ccc(OC)c([C@@H]2C(C(=O)c3ccco3)=C(O)C(=O)N2c2nc3ccc(F)cc3s2)c1. The van der Waals surface area contributed by atoms with Crippen molar-refractivity contribution < 1.29 is 33.0 Å². The summed E-state index contributed by atoms with van der Waals surface area (Å²) in [4.78, 5) is 32.4. The molecule has 0 fully saturated rings. The number of methoxy groups -OCH3 is 2. The number of fused-ring (bicyclic) bond motifs is 1. The zero-order valence-electron chi connectivity index (χ0n) is 17.9. The maximum atomic E-state index is 13.8. The van der Waals surface area contributed by atoms with E-state index >= 15 is 0 Å². The second kappa shape index (κ2) is 8.31. The molecule has 172 valence electrons. The first-order chi connectivity index (χ1) is 16.4. The zero-order valence-corrected chi connectivity index (χ0v) is 18.8. The highest BCUT2D eigenvalue weighted by atomic mass is 32.1. The van der Waals surface area contributed by atoms with Crippen molar-refractivity contribution >= 4 is 38.4 Å².